The van der Waals surface area contributed by atoms with Crippen molar-refractivity contribution in [3.05, 3.63) is 90.0 Å². The summed E-state index contributed by atoms with van der Waals surface area (Å²) >= 11 is 0. The van der Waals surface area contributed by atoms with Crippen molar-refractivity contribution >= 4 is 23.6 Å². The summed E-state index contributed by atoms with van der Waals surface area (Å²) in [7, 11) is 0. The van der Waals surface area contributed by atoms with Crippen molar-refractivity contribution in [3.8, 4) is 5.75 Å². The maximum absolute atomic E-state index is 12.2. The average molecular weight is 566 g/mol. The van der Waals surface area contributed by atoms with E-state index < -0.39 is 29.9 Å². The molecule has 0 fully saturated rings. The second-order valence-electron chi connectivity index (χ2n) is 9.66. The summed E-state index contributed by atoms with van der Waals surface area (Å²) in [6.45, 7) is 5.77. The Bertz CT molecular complexity index is 1170. The van der Waals surface area contributed by atoms with Gasteiger partial charge in [-0.15, -0.1) is 0 Å². The predicted molar refractivity (Wildman–Crippen MR) is 157 cm³/mol. The van der Waals surface area contributed by atoms with E-state index in [1.54, 1.807) is 74.5 Å². The molecule has 0 aliphatic carbocycles. The van der Waals surface area contributed by atoms with E-state index in [1.807, 2.05) is 25.1 Å². The van der Waals surface area contributed by atoms with E-state index in [2.05, 4.69) is 10.6 Å². The predicted octanol–water partition coefficient (Wildman–Crippen LogP) is 4.85. The molecular formula is C31H39N3O7. The van der Waals surface area contributed by atoms with Gasteiger partial charge in [-0.05, 0) is 73.7 Å². The minimum Gasteiger partial charge on any atom is -0.491 e. The van der Waals surface area contributed by atoms with Gasteiger partial charge in [0.25, 0.3) is 0 Å². The normalized spacial score (nSPS) is 13.4. The van der Waals surface area contributed by atoms with Crippen LogP contribution < -0.4 is 21.1 Å². The fourth-order valence-corrected chi connectivity index (χ4v) is 4.42. The summed E-state index contributed by atoms with van der Waals surface area (Å²) in [6, 6.07) is 21.9. The van der Waals surface area contributed by atoms with E-state index in [0.29, 0.717) is 28.3 Å². The van der Waals surface area contributed by atoms with Crippen LogP contribution in [-0.2, 0) is 15.1 Å². The molecule has 6 N–H and O–H groups in total. The molecular weight excluding hydrogens is 526 g/mol. The van der Waals surface area contributed by atoms with E-state index >= 15 is 0 Å². The van der Waals surface area contributed by atoms with Crippen LogP contribution >= 0.6 is 0 Å². The SMILES string of the molecule is CCOC(=O)Nc1ccc(C(O)(CC(C)C(N)[C@@H](O)COc2ccccc2)c2ccc(NC(=O)OCC)cc2)cc1. The number of aliphatic hydroxyl groups excluding tert-OH is 1. The summed E-state index contributed by atoms with van der Waals surface area (Å²) in [5, 5.41) is 28.2. The zero-order valence-electron chi connectivity index (χ0n) is 23.6. The van der Waals surface area contributed by atoms with E-state index in [0.717, 1.165) is 0 Å². The van der Waals surface area contributed by atoms with E-state index in [-0.39, 0.29) is 32.2 Å². The number of hydrogen-bond donors (Lipinski definition) is 5. The number of carbonyl (C=O) groups excluding carboxylic acids is 2. The van der Waals surface area contributed by atoms with Crippen LogP contribution in [0.3, 0.4) is 0 Å². The van der Waals surface area contributed by atoms with Crippen LogP contribution in [0.4, 0.5) is 21.0 Å². The second kappa shape index (κ2) is 15.0. The number of hydrogen-bond acceptors (Lipinski definition) is 8. The first-order valence-corrected chi connectivity index (χ1v) is 13.6. The third kappa shape index (κ3) is 8.94. The van der Waals surface area contributed by atoms with Gasteiger partial charge in [-0.3, -0.25) is 10.6 Å². The molecule has 3 aromatic carbocycles. The van der Waals surface area contributed by atoms with Crippen LogP contribution in [0.25, 0.3) is 0 Å². The van der Waals surface area contributed by atoms with Crippen LogP contribution in [0, 0.1) is 5.92 Å². The monoisotopic (exact) mass is 565 g/mol. The Balaban J connectivity index is 1.83. The van der Waals surface area contributed by atoms with Gasteiger partial charge in [-0.25, -0.2) is 9.59 Å². The number of rotatable bonds is 13. The molecule has 3 aromatic rings. The Morgan fingerprint density at radius 1 is 0.829 bits per heavy atom. The van der Waals surface area contributed by atoms with Gasteiger partial charge in [-0.1, -0.05) is 49.4 Å². The van der Waals surface area contributed by atoms with E-state index in [1.165, 1.54) is 0 Å². The van der Waals surface area contributed by atoms with Gasteiger partial charge >= 0.3 is 12.2 Å². The Labute approximate surface area is 240 Å². The second-order valence-corrected chi connectivity index (χ2v) is 9.66. The maximum atomic E-state index is 12.2. The zero-order chi connectivity index (χ0) is 29.8. The number of nitrogens with one attached hydrogen (secondary N) is 2. The van der Waals surface area contributed by atoms with Crippen molar-refractivity contribution < 1.29 is 34.0 Å². The van der Waals surface area contributed by atoms with Gasteiger partial charge in [0.15, 0.2) is 0 Å². The highest BCUT2D eigenvalue weighted by atomic mass is 16.6. The van der Waals surface area contributed by atoms with Crippen molar-refractivity contribution in [1.29, 1.82) is 0 Å². The quantitative estimate of drug-likeness (QED) is 0.197. The largest absolute Gasteiger partial charge is 0.491 e. The molecule has 0 aromatic heterocycles. The molecule has 0 saturated carbocycles. The standard InChI is InChI=1S/C31H39N3O7/c1-4-39-29(36)33-24-15-11-22(12-16-24)31(38,23-13-17-25(18-14-23)34-30(37)40-5-2)19-21(3)28(32)27(35)20-41-26-9-7-6-8-10-26/h6-18,21,27-28,35,38H,4-5,19-20,32H2,1-3H3,(H,33,36)(H,34,37)/t21?,27-,28?/m0/s1. The number of aliphatic hydroxyl groups is 2. The number of amides is 2. The molecule has 2 amide bonds. The summed E-state index contributed by atoms with van der Waals surface area (Å²) in [5.41, 5.74) is 7.01. The molecule has 0 heterocycles. The highest BCUT2D eigenvalue weighted by Crippen LogP contribution is 2.38. The Morgan fingerprint density at radius 2 is 1.29 bits per heavy atom. The Kier molecular flexibility index (Phi) is 11.5. The molecule has 41 heavy (non-hydrogen) atoms. The summed E-state index contributed by atoms with van der Waals surface area (Å²) < 4.78 is 15.5. The molecule has 0 aliphatic heterocycles. The summed E-state index contributed by atoms with van der Waals surface area (Å²) in [4.78, 5) is 23.6. The van der Waals surface area contributed by atoms with Crippen molar-refractivity contribution in [3.63, 3.8) is 0 Å². The van der Waals surface area contributed by atoms with Gasteiger partial charge in [0.2, 0.25) is 0 Å². The zero-order valence-corrected chi connectivity index (χ0v) is 23.6. The minimum atomic E-state index is -1.53. The van der Waals surface area contributed by atoms with Gasteiger partial charge in [0, 0.05) is 17.4 Å². The topological polar surface area (TPSA) is 152 Å². The van der Waals surface area contributed by atoms with Crippen LogP contribution in [0.1, 0.15) is 38.3 Å². The minimum absolute atomic E-state index is 0.00357. The smallest absolute Gasteiger partial charge is 0.411 e. The van der Waals surface area contributed by atoms with Gasteiger partial charge in [0.05, 0.1) is 13.2 Å². The lowest BCUT2D eigenvalue weighted by Gasteiger charge is -2.35. The van der Waals surface area contributed by atoms with Crippen LogP contribution in [0.2, 0.25) is 0 Å². The molecule has 3 rings (SSSR count). The number of carbonyl (C=O) groups is 2. The van der Waals surface area contributed by atoms with Crippen LogP contribution in [-0.4, -0.2) is 54.4 Å². The summed E-state index contributed by atoms with van der Waals surface area (Å²) in [5.74, 6) is 0.264. The van der Waals surface area contributed by atoms with Crippen LogP contribution in [0.5, 0.6) is 5.75 Å². The van der Waals surface area contributed by atoms with Gasteiger partial charge < -0.3 is 30.2 Å². The Morgan fingerprint density at radius 3 is 1.73 bits per heavy atom. The lowest BCUT2D eigenvalue weighted by atomic mass is 9.77. The molecule has 0 aliphatic rings. The lowest BCUT2D eigenvalue weighted by Crippen LogP contribution is -2.46. The fourth-order valence-electron chi connectivity index (χ4n) is 4.42. The van der Waals surface area contributed by atoms with Crippen molar-refractivity contribution in [2.24, 2.45) is 11.7 Å². The number of benzene rings is 3. The fraction of sp³-hybridized carbons (Fsp3) is 0.355. The average Bonchev–Trinajstić information content (AvgIpc) is 2.97. The molecule has 0 bridgehead atoms. The molecule has 2 unspecified atom stereocenters. The molecule has 220 valence electrons. The van der Waals surface area contributed by atoms with E-state index in [4.69, 9.17) is 19.9 Å². The third-order valence-corrected chi connectivity index (χ3v) is 6.65. The highest BCUT2D eigenvalue weighted by molar-refractivity contribution is 5.85. The first kappa shape index (κ1) is 31.4. The van der Waals surface area contributed by atoms with Gasteiger partial charge in [-0.2, -0.15) is 0 Å². The van der Waals surface area contributed by atoms with Crippen molar-refractivity contribution in [2.75, 3.05) is 30.5 Å². The molecule has 10 nitrogen and oxygen atoms in total. The maximum Gasteiger partial charge on any atom is 0.411 e. The number of para-hydroxylation sites is 1. The molecule has 3 atom stereocenters. The van der Waals surface area contributed by atoms with Gasteiger partial charge in [0.1, 0.15) is 24.1 Å². The van der Waals surface area contributed by atoms with Crippen molar-refractivity contribution in [2.45, 2.75) is 44.9 Å². The molecule has 10 heteroatoms. The number of nitrogens with two attached hydrogens (primary N) is 1. The van der Waals surface area contributed by atoms with Crippen molar-refractivity contribution in [1.82, 2.24) is 0 Å². The van der Waals surface area contributed by atoms with Crippen LogP contribution in [0.15, 0.2) is 78.9 Å². The third-order valence-electron chi connectivity index (χ3n) is 6.65. The Hall–Kier alpha value is -4.12. The first-order chi connectivity index (χ1) is 19.7. The number of ether oxygens (including phenoxy) is 3. The molecule has 0 saturated heterocycles. The van der Waals surface area contributed by atoms with E-state index in [9.17, 15) is 19.8 Å². The number of anilines is 2. The lowest BCUT2D eigenvalue weighted by molar-refractivity contribution is 0.0235. The highest BCUT2D eigenvalue weighted by Gasteiger charge is 2.36. The molecule has 0 radical (unpaired) electrons. The molecule has 0 spiro atoms. The first-order valence-electron chi connectivity index (χ1n) is 13.6. The summed E-state index contributed by atoms with van der Waals surface area (Å²) in [6.07, 6.45) is -1.98.